The number of anilines is 1. The molecule has 0 aliphatic heterocycles. The number of benzene rings is 3. The molecule has 96 valence electrons. The van der Waals surface area contributed by atoms with Gasteiger partial charge in [0.15, 0.2) is 0 Å². The molecule has 19 heavy (non-hydrogen) atoms. The van der Waals surface area contributed by atoms with Crippen molar-refractivity contribution in [3.8, 4) is 11.5 Å². The van der Waals surface area contributed by atoms with Gasteiger partial charge in [-0.2, -0.15) is 0 Å². The van der Waals surface area contributed by atoms with Crippen LogP contribution >= 0.6 is 0 Å². The number of rotatable bonds is 1. The van der Waals surface area contributed by atoms with Gasteiger partial charge in [-0.25, -0.2) is 0 Å². The first-order chi connectivity index (χ1) is 9.09. The van der Waals surface area contributed by atoms with Crippen LogP contribution in [0.2, 0.25) is 0 Å². The number of phenolic OH excluding ortho intramolecular Hbond substituents is 2. The Balaban J connectivity index is 2.49. The Morgan fingerprint density at radius 3 is 1.84 bits per heavy atom. The minimum Gasteiger partial charge on any atom is -0.507 e. The molecule has 3 heteroatoms. The molecule has 0 saturated heterocycles. The van der Waals surface area contributed by atoms with Crippen molar-refractivity contribution in [1.82, 2.24) is 0 Å². The van der Waals surface area contributed by atoms with Gasteiger partial charge in [-0.15, -0.1) is 0 Å². The summed E-state index contributed by atoms with van der Waals surface area (Å²) in [6.45, 7) is 0. The third-order valence-corrected chi connectivity index (χ3v) is 3.47. The maximum absolute atomic E-state index is 10.4. The Morgan fingerprint density at radius 1 is 0.737 bits per heavy atom. The second-order valence-electron chi connectivity index (χ2n) is 4.87. The van der Waals surface area contributed by atoms with Crippen LogP contribution in [-0.4, -0.2) is 24.3 Å². The highest BCUT2D eigenvalue weighted by Gasteiger charge is 2.13. The fourth-order valence-corrected chi connectivity index (χ4v) is 2.40. The molecule has 0 aliphatic carbocycles. The van der Waals surface area contributed by atoms with Crippen molar-refractivity contribution in [3.05, 3.63) is 42.5 Å². The van der Waals surface area contributed by atoms with E-state index < -0.39 is 0 Å². The van der Waals surface area contributed by atoms with E-state index in [0.717, 1.165) is 5.69 Å². The molecule has 2 N–H and O–H groups in total. The Kier molecular flexibility index (Phi) is 2.49. The molecule has 3 rings (SSSR count). The summed E-state index contributed by atoms with van der Waals surface area (Å²) < 4.78 is 0. The molecule has 0 atom stereocenters. The molecule has 3 nitrogen and oxygen atoms in total. The van der Waals surface area contributed by atoms with E-state index in [1.54, 1.807) is 0 Å². The van der Waals surface area contributed by atoms with Crippen molar-refractivity contribution < 1.29 is 10.2 Å². The summed E-state index contributed by atoms with van der Waals surface area (Å²) in [4.78, 5) is 1.96. The molecule has 0 saturated carbocycles. The van der Waals surface area contributed by atoms with Gasteiger partial charge in [-0.1, -0.05) is 24.3 Å². The number of hydrogen-bond donors (Lipinski definition) is 2. The topological polar surface area (TPSA) is 43.7 Å². The largest absolute Gasteiger partial charge is 0.507 e. The summed E-state index contributed by atoms with van der Waals surface area (Å²) in [6.07, 6.45) is 0. The van der Waals surface area contributed by atoms with Gasteiger partial charge in [0.05, 0.1) is 0 Å². The molecule has 0 heterocycles. The van der Waals surface area contributed by atoms with E-state index in [1.165, 1.54) is 0 Å². The number of hydrogen-bond acceptors (Lipinski definition) is 3. The molecule has 0 fully saturated rings. The van der Waals surface area contributed by atoms with Crippen molar-refractivity contribution in [3.63, 3.8) is 0 Å². The summed E-state index contributed by atoms with van der Waals surface area (Å²) in [5.41, 5.74) is 0.984. The van der Waals surface area contributed by atoms with Gasteiger partial charge in [-0.05, 0) is 18.2 Å². The SMILES string of the molecule is CN(C)c1ccc2c(O)c3ccccc3c(O)c2c1. The number of fused-ring (bicyclic) bond motifs is 2. The van der Waals surface area contributed by atoms with Crippen LogP contribution < -0.4 is 4.90 Å². The predicted octanol–water partition coefficient (Wildman–Crippen LogP) is 3.47. The molecule has 0 unspecified atom stereocenters. The first kappa shape index (κ1) is 11.7. The van der Waals surface area contributed by atoms with Crippen LogP contribution in [0.4, 0.5) is 5.69 Å². The van der Waals surface area contributed by atoms with E-state index in [-0.39, 0.29) is 11.5 Å². The van der Waals surface area contributed by atoms with Crippen molar-refractivity contribution >= 4 is 27.2 Å². The number of phenols is 2. The third-order valence-electron chi connectivity index (χ3n) is 3.47. The zero-order valence-electron chi connectivity index (χ0n) is 10.9. The lowest BCUT2D eigenvalue weighted by Crippen LogP contribution is -2.08. The second-order valence-corrected chi connectivity index (χ2v) is 4.87. The van der Waals surface area contributed by atoms with Crippen LogP contribution in [-0.2, 0) is 0 Å². The summed E-state index contributed by atoms with van der Waals surface area (Å²) in [5, 5.41) is 23.4. The quantitative estimate of drug-likeness (QED) is 0.515. The number of aromatic hydroxyl groups is 2. The van der Waals surface area contributed by atoms with E-state index in [1.807, 2.05) is 61.5 Å². The van der Waals surface area contributed by atoms with E-state index in [9.17, 15) is 10.2 Å². The minimum absolute atomic E-state index is 0.215. The molecule has 0 spiro atoms. The van der Waals surface area contributed by atoms with Crippen LogP contribution in [0.15, 0.2) is 42.5 Å². The highest BCUT2D eigenvalue weighted by atomic mass is 16.3. The molecule has 0 aliphatic rings. The van der Waals surface area contributed by atoms with Gasteiger partial charge in [0.1, 0.15) is 11.5 Å². The first-order valence-corrected chi connectivity index (χ1v) is 6.13. The van der Waals surface area contributed by atoms with Gasteiger partial charge in [-0.3, -0.25) is 0 Å². The van der Waals surface area contributed by atoms with Crippen molar-refractivity contribution in [2.45, 2.75) is 0 Å². The van der Waals surface area contributed by atoms with Crippen LogP contribution in [0.3, 0.4) is 0 Å². The van der Waals surface area contributed by atoms with Gasteiger partial charge in [0.25, 0.3) is 0 Å². The van der Waals surface area contributed by atoms with Gasteiger partial charge in [0.2, 0.25) is 0 Å². The summed E-state index contributed by atoms with van der Waals surface area (Å²) >= 11 is 0. The van der Waals surface area contributed by atoms with E-state index in [4.69, 9.17) is 0 Å². The Bertz CT molecular complexity index is 778. The molecule has 3 aromatic carbocycles. The van der Waals surface area contributed by atoms with Crippen molar-refractivity contribution in [2.75, 3.05) is 19.0 Å². The Labute approximate surface area is 111 Å². The fraction of sp³-hybridized carbons (Fsp3) is 0.125. The predicted molar refractivity (Wildman–Crippen MR) is 79.1 cm³/mol. The third kappa shape index (κ3) is 1.66. The molecule has 0 bridgehead atoms. The summed E-state index contributed by atoms with van der Waals surface area (Å²) in [6, 6.07) is 13.0. The highest BCUT2D eigenvalue weighted by Crippen LogP contribution is 2.42. The first-order valence-electron chi connectivity index (χ1n) is 6.13. The Morgan fingerprint density at radius 2 is 1.26 bits per heavy atom. The molecule has 0 aromatic heterocycles. The lowest BCUT2D eigenvalue weighted by Gasteiger charge is -2.15. The normalized spacial score (nSPS) is 11.1. The summed E-state index contributed by atoms with van der Waals surface area (Å²) in [7, 11) is 3.89. The second kappa shape index (κ2) is 4.05. The lowest BCUT2D eigenvalue weighted by molar-refractivity contribution is 0.478. The van der Waals surface area contributed by atoms with Crippen LogP contribution in [0.25, 0.3) is 21.5 Å². The van der Waals surface area contributed by atoms with Crippen LogP contribution in [0.5, 0.6) is 11.5 Å². The maximum Gasteiger partial charge on any atom is 0.131 e. The van der Waals surface area contributed by atoms with Gasteiger partial charge in [0, 0.05) is 41.3 Å². The van der Waals surface area contributed by atoms with E-state index in [0.29, 0.717) is 21.5 Å². The monoisotopic (exact) mass is 253 g/mol. The van der Waals surface area contributed by atoms with Crippen molar-refractivity contribution in [2.24, 2.45) is 0 Å². The van der Waals surface area contributed by atoms with Crippen LogP contribution in [0.1, 0.15) is 0 Å². The van der Waals surface area contributed by atoms with E-state index in [2.05, 4.69) is 0 Å². The zero-order valence-corrected chi connectivity index (χ0v) is 10.9. The zero-order chi connectivity index (χ0) is 13.6. The average molecular weight is 253 g/mol. The Hall–Kier alpha value is -2.42. The lowest BCUT2D eigenvalue weighted by atomic mass is 10.00. The molecule has 0 radical (unpaired) electrons. The standard InChI is InChI=1S/C16H15NO2/c1-17(2)10-7-8-13-14(9-10)16(19)12-6-4-3-5-11(12)15(13)18/h3-9,18-19H,1-2H3. The van der Waals surface area contributed by atoms with Gasteiger partial charge < -0.3 is 15.1 Å². The smallest absolute Gasteiger partial charge is 0.131 e. The summed E-state index contributed by atoms with van der Waals surface area (Å²) in [5.74, 6) is 0.431. The molecular formula is C16H15NO2. The molecule has 0 amide bonds. The number of nitrogens with zero attached hydrogens (tertiary/aromatic N) is 1. The maximum atomic E-state index is 10.4. The molecule has 3 aromatic rings. The highest BCUT2D eigenvalue weighted by molar-refractivity contribution is 6.11. The molecular weight excluding hydrogens is 238 g/mol. The minimum atomic E-state index is 0.215. The van der Waals surface area contributed by atoms with Crippen LogP contribution in [0, 0.1) is 0 Å². The van der Waals surface area contributed by atoms with Gasteiger partial charge >= 0.3 is 0 Å². The van der Waals surface area contributed by atoms with Crippen molar-refractivity contribution in [1.29, 1.82) is 0 Å². The average Bonchev–Trinajstić information content (AvgIpc) is 2.44. The van der Waals surface area contributed by atoms with E-state index >= 15 is 0 Å². The fourth-order valence-electron chi connectivity index (χ4n) is 2.40.